The molecule has 1 unspecified atom stereocenters. The second kappa shape index (κ2) is 6.52. The molecule has 0 spiro atoms. The molecule has 0 aromatic heterocycles. The summed E-state index contributed by atoms with van der Waals surface area (Å²) in [6, 6.07) is 16.5. The number of guanidine groups is 1. The van der Waals surface area contributed by atoms with Gasteiger partial charge in [-0.15, -0.1) is 0 Å². The van der Waals surface area contributed by atoms with Crippen LogP contribution >= 0.6 is 0 Å². The first-order chi connectivity index (χ1) is 10.7. The van der Waals surface area contributed by atoms with E-state index in [0.29, 0.717) is 12.6 Å². The van der Waals surface area contributed by atoms with E-state index in [0.717, 1.165) is 35.1 Å². The molecule has 1 heterocycles. The van der Waals surface area contributed by atoms with E-state index in [1.165, 1.54) is 0 Å². The third-order valence-corrected chi connectivity index (χ3v) is 3.64. The van der Waals surface area contributed by atoms with Gasteiger partial charge in [0, 0.05) is 18.2 Å². The first-order valence-electron chi connectivity index (χ1n) is 7.58. The van der Waals surface area contributed by atoms with Gasteiger partial charge in [-0.1, -0.05) is 36.4 Å². The number of hydrogen-bond acceptors (Lipinski definition) is 4. The van der Waals surface area contributed by atoms with Crippen LogP contribution in [0.3, 0.4) is 0 Å². The van der Waals surface area contributed by atoms with Gasteiger partial charge < -0.3 is 15.4 Å². The number of aliphatic imine (C=N–C) groups is 1. The van der Waals surface area contributed by atoms with Crippen molar-refractivity contribution in [1.82, 2.24) is 10.6 Å². The lowest BCUT2D eigenvalue weighted by Crippen LogP contribution is -2.37. The monoisotopic (exact) mass is 295 g/mol. The van der Waals surface area contributed by atoms with Crippen molar-refractivity contribution in [3.8, 4) is 11.5 Å². The number of rotatable bonds is 4. The molecule has 4 heteroatoms. The van der Waals surface area contributed by atoms with E-state index < -0.39 is 0 Å². The van der Waals surface area contributed by atoms with Gasteiger partial charge in [0.2, 0.25) is 0 Å². The smallest absolute Gasteiger partial charge is 0.191 e. The van der Waals surface area contributed by atoms with E-state index in [2.05, 4.69) is 41.6 Å². The van der Waals surface area contributed by atoms with Gasteiger partial charge in [-0.05, 0) is 31.5 Å². The highest BCUT2D eigenvalue weighted by Crippen LogP contribution is 2.27. The van der Waals surface area contributed by atoms with Crippen molar-refractivity contribution >= 4 is 5.96 Å². The number of benzene rings is 2. The van der Waals surface area contributed by atoms with Crippen LogP contribution in [0.1, 0.15) is 18.1 Å². The molecule has 0 fully saturated rings. The highest BCUT2D eigenvalue weighted by Gasteiger charge is 2.12. The predicted octanol–water partition coefficient (Wildman–Crippen LogP) is 3.22. The maximum Gasteiger partial charge on any atom is 0.191 e. The summed E-state index contributed by atoms with van der Waals surface area (Å²) in [7, 11) is 0. The highest BCUT2D eigenvalue weighted by molar-refractivity contribution is 5.81. The summed E-state index contributed by atoms with van der Waals surface area (Å²) in [6.45, 7) is 5.67. The Bertz CT molecular complexity index is 682. The van der Waals surface area contributed by atoms with Crippen molar-refractivity contribution in [3.05, 3.63) is 59.7 Å². The van der Waals surface area contributed by atoms with Gasteiger partial charge in [0.15, 0.2) is 5.96 Å². The van der Waals surface area contributed by atoms with Crippen molar-refractivity contribution in [3.63, 3.8) is 0 Å². The lowest BCUT2D eigenvalue weighted by atomic mass is 10.2. The zero-order chi connectivity index (χ0) is 15.4. The van der Waals surface area contributed by atoms with E-state index in [4.69, 9.17) is 4.74 Å². The molecule has 0 amide bonds. The van der Waals surface area contributed by atoms with Gasteiger partial charge in [0.05, 0.1) is 6.54 Å². The Labute approximate surface area is 131 Å². The summed E-state index contributed by atoms with van der Waals surface area (Å²) < 4.78 is 6.08. The van der Waals surface area contributed by atoms with E-state index in [1.54, 1.807) is 0 Å². The normalized spacial score (nSPS) is 16.8. The number of nitrogens with one attached hydrogen (secondary N) is 2. The third-order valence-electron chi connectivity index (χ3n) is 3.64. The minimum absolute atomic E-state index is 0.404. The molecule has 0 bridgehead atoms. The van der Waals surface area contributed by atoms with Crippen LogP contribution in [0.25, 0.3) is 0 Å². The molecule has 2 aromatic carbocycles. The van der Waals surface area contributed by atoms with E-state index in [-0.39, 0.29) is 0 Å². The molecule has 4 nitrogen and oxygen atoms in total. The first kappa shape index (κ1) is 14.4. The summed E-state index contributed by atoms with van der Waals surface area (Å²) in [4.78, 5) is 4.41. The lowest BCUT2D eigenvalue weighted by molar-refractivity contribution is 0.471. The zero-order valence-corrected chi connectivity index (χ0v) is 13.0. The van der Waals surface area contributed by atoms with Crippen LogP contribution in [0.5, 0.6) is 11.5 Å². The van der Waals surface area contributed by atoms with Crippen LogP contribution in [0.2, 0.25) is 0 Å². The summed E-state index contributed by atoms with van der Waals surface area (Å²) in [5, 5.41) is 6.63. The van der Waals surface area contributed by atoms with Gasteiger partial charge in [-0.2, -0.15) is 0 Å². The van der Waals surface area contributed by atoms with Crippen LogP contribution in [0.15, 0.2) is 53.5 Å². The van der Waals surface area contributed by atoms with Gasteiger partial charge in [0.25, 0.3) is 0 Å². The molecule has 2 N–H and O–H groups in total. The molecule has 0 saturated carbocycles. The Morgan fingerprint density at radius 3 is 2.59 bits per heavy atom. The summed E-state index contributed by atoms with van der Waals surface area (Å²) in [6.07, 6.45) is 0. The van der Waals surface area contributed by atoms with Crippen LogP contribution in [0.4, 0.5) is 0 Å². The lowest BCUT2D eigenvalue weighted by Gasteiger charge is -2.14. The van der Waals surface area contributed by atoms with Crippen molar-refractivity contribution in [2.75, 3.05) is 6.54 Å². The molecular formula is C18H21N3O. The average molecular weight is 295 g/mol. The topological polar surface area (TPSA) is 45.6 Å². The summed E-state index contributed by atoms with van der Waals surface area (Å²) in [5.74, 6) is 2.62. The maximum atomic E-state index is 6.08. The fraction of sp³-hybridized carbons (Fsp3) is 0.278. The van der Waals surface area contributed by atoms with E-state index >= 15 is 0 Å². The number of ether oxygens (including phenoxy) is 1. The van der Waals surface area contributed by atoms with Crippen LogP contribution in [-0.4, -0.2) is 18.5 Å². The molecule has 3 rings (SSSR count). The summed E-state index contributed by atoms with van der Waals surface area (Å²) in [5.41, 5.74) is 2.23. The Morgan fingerprint density at radius 2 is 1.86 bits per heavy atom. The molecule has 0 radical (unpaired) electrons. The predicted molar refractivity (Wildman–Crippen MR) is 89.4 cm³/mol. The fourth-order valence-electron chi connectivity index (χ4n) is 2.38. The van der Waals surface area contributed by atoms with Crippen LogP contribution in [0, 0.1) is 6.92 Å². The Balaban J connectivity index is 1.71. The van der Waals surface area contributed by atoms with Crippen molar-refractivity contribution in [2.24, 2.45) is 4.99 Å². The molecular weight excluding hydrogens is 274 g/mol. The molecule has 0 saturated heterocycles. The summed E-state index contributed by atoms with van der Waals surface area (Å²) >= 11 is 0. The molecule has 0 aliphatic carbocycles. The standard InChI is InChI=1S/C18H21N3O/c1-13-7-3-5-9-16(13)22-17-10-6-4-8-15(17)12-20-18-19-11-14(2)21-18/h3-10,14H,11-12H2,1-2H3,(H2,19,20,21). The van der Waals surface area contributed by atoms with Crippen molar-refractivity contribution < 1.29 is 4.74 Å². The second-order valence-corrected chi connectivity index (χ2v) is 5.56. The van der Waals surface area contributed by atoms with Crippen molar-refractivity contribution in [2.45, 2.75) is 26.4 Å². The van der Waals surface area contributed by atoms with Crippen LogP contribution in [-0.2, 0) is 6.54 Å². The van der Waals surface area contributed by atoms with Gasteiger partial charge in [0.1, 0.15) is 11.5 Å². The Morgan fingerprint density at radius 1 is 1.14 bits per heavy atom. The SMILES string of the molecule is Cc1ccccc1Oc1ccccc1CNC1=NCC(C)N1. The van der Waals surface area contributed by atoms with Crippen LogP contribution < -0.4 is 15.4 Å². The molecule has 1 atom stereocenters. The molecule has 2 aromatic rings. The fourth-order valence-corrected chi connectivity index (χ4v) is 2.38. The number of nitrogens with zero attached hydrogens (tertiary/aromatic N) is 1. The molecule has 114 valence electrons. The van der Waals surface area contributed by atoms with E-state index in [9.17, 15) is 0 Å². The first-order valence-corrected chi connectivity index (χ1v) is 7.58. The zero-order valence-electron chi connectivity index (χ0n) is 13.0. The Hall–Kier alpha value is -2.49. The molecule has 1 aliphatic heterocycles. The molecule has 1 aliphatic rings. The van der Waals surface area contributed by atoms with Crippen molar-refractivity contribution in [1.29, 1.82) is 0 Å². The largest absolute Gasteiger partial charge is 0.457 e. The van der Waals surface area contributed by atoms with Gasteiger partial charge >= 0.3 is 0 Å². The Kier molecular flexibility index (Phi) is 4.28. The third kappa shape index (κ3) is 3.39. The number of para-hydroxylation sites is 2. The minimum atomic E-state index is 0.404. The van der Waals surface area contributed by atoms with Gasteiger partial charge in [-0.25, -0.2) is 0 Å². The van der Waals surface area contributed by atoms with E-state index in [1.807, 2.05) is 36.4 Å². The maximum absolute atomic E-state index is 6.08. The number of hydrogen-bond donors (Lipinski definition) is 2. The quantitative estimate of drug-likeness (QED) is 0.910. The minimum Gasteiger partial charge on any atom is -0.457 e. The highest BCUT2D eigenvalue weighted by atomic mass is 16.5. The van der Waals surface area contributed by atoms with Gasteiger partial charge in [-0.3, -0.25) is 4.99 Å². The number of aryl methyl sites for hydroxylation is 1. The second-order valence-electron chi connectivity index (χ2n) is 5.56. The molecule has 22 heavy (non-hydrogen) atoms. The average Bonchev–Trinajstić information content (AvgIpc) is 2.94.